The third-order valence-corrected chi connectivity index (χ3v) is 0. The Morgan fingerprint density at radius 1 is 0.600 bits per heavy atom. The van der Waals surface area contributed by atoms with Gasteiger partial charge in [0.15, 0.2) is 0 Å². The zero-order chi connectivity index (χ0) is 0. The Balaban J connectivity index is 0. The van der Waals surface area contributed by atoms with Crippen LogP contribution in [0.15, 0.2) is 0 Å². The standard InChI is InChI=1S/2K.Na.2H2O.3H/h;;;2*1H2;;;. The predicted octanol–water partition coefficient (Wildman–Crippen LogP) is -3.59. The molecule has 0 aromatic carbocycles. The molecule has 0 unspecified atom stereocenters. The molecular formula is H7K2NaO2. The Bertz CT molecular complexity index is 7.61. The summed E-state index contributed by atoms with van der Waals surface area (Å²) in [5.74, 6) is 0. The monoisotopic (exact) mass is 140 g/mol. The third kappa shape index (κ3) is 17.9. The van der Waals surface area contributed by atoms with E-state index in [1.165, 1.54) is 0 Å². The van der Waals surface area contributed by atoms with Gasteiger partial charge in [-0.25, -0.2) is 0 Å². The van der Waals surface area contributed by atoms with E-state index in [1.54, 1.807) is 0 Å². The Labute approximate surface area is 139 Å². The van der Waals surface area contributed by atoms with Gasteiger partial charge < -0.3 is 11.0 Å². The van der Waals surface area contributed by atoms with Crippen LogP contribution in [0.1, 0.15) is 0 Å². The summed E-state index contributed by atoms with van der Waals surface area (Å²) >= 11 is 0. The van der Waals surface area contributed by atoms with Crippen LogP contribution in [0.4, 0.5) is 0 Å². The molecule has 0 saturated carbocycles. The summed E-state index contributed by atoms with van der Waals surface area (Å²) in [5, 5.41) is 0. The van der Waals surface area contributed by atoms with E-state index in [2.05, 4.69) is 0 Å². The predicted molar refractivity (Wildman–Crippen MR) is 28.7 cm³/mol. The molecule has 5 heavy (non-hydrogen) atoms. The van der Waals surface area contributed by atoms with Gasteiger partial charge in [0.1, 0.15) is 0 Å². The van der Waals surface area contributed by atoms with Gasteiger partial charge >= 0.3 is 132 Å². The summed E-state index contributed by atoms with van der Waals surface area (Å²) in [6.45, 7) is 0. The zero-order valence-corrected chi connectivity index (χ0v) is 1.00. The van der Waals surface area contributed by atoms with Crippen molar-refractivity contribution >= 4 is 132 Å². The van der Waals surface area contributed by atoms with Gasteiger partial charge in [0.2, 0.25) is 0 Å². The molecule has 22 valence electrons. The van der Waals surface area contributed by atoms with Gasteiger partial charge in [-0.2, -0.15) is 0 Å². The minimum absolute atomic E-state index is 0. The summed E-state index contributed by atoms with van der Waals surface area (Å²) in [6.07, 6.45) is 0. The van der Waals surface area contributed by atoms with Crippen LogP contribution < -0.4 is 0 Å². The Kier molecular flexibility index (Phi) is 169. The molecule has 0 fully saturated rings. The molecule has 0 spiro atoms. The molecule has 0 aromatic heterocycles. The Morgan fingerprint density at radius 2 is 0.600 bits per heavy atom. The van der Waals surface area contributed by atoms with Crippen molar-refractivity contribution in [1.82, 2.24) is 0 Å². The second-order valence-electron chi connectivity index (χ2n) is 0. The van der Waals surface area contributed by atoms with E-state index in [-0.39, 0.29) is 143 Å². The Morgan fingerprint density at radius 3 is 0.600 bits per heavy atom. The van der Waals surface area contributed by atoms with Crippen LogP contribution >= 0.6 is 0 Å². The molecule has 0 bridgehead atoms. The first-order valence-corrected chi connectivity index (χ1v) is 0. The van der Waals surface area contributed by atoms with Crippen LogP contribution in [-0.4, -0.2) is 143 Å². The third-order valence-electron chi connectivity index (χ3n) is 0. The van der Waals surface area contributed by atoms with Crippen LogP contribution in [0.3, 0.4) is 0 Å². The normalized spacial score (nSPS) is 0. The maximum absolute atomic E-state index is 0. The van der Waals surface area contributed by atoms with Crippen molar-refractivity contribution in [3.05, 3.63) is 0 Å². The molecule has 0 aliphatic rings. The van der Waals surface area contributed by atoms with E-state index in [1.807, 2.05) is 0 Å². The second-order valence-corrected chi connectivity index (χ2v) is 0. The first-order chi connectivity index (χ1) is 0. The van der Waals surface area contributed by atoms with Crippen LogP contribution in [0.2, 0.25) is 0 Å². The van der Waals surface area contributed by atoms with E-state index in [4.69, 9.17) is 0 Å². The van der Waals surface area contributed by atoms with Crippen LogP contribution in [0.5, 0.6) is 0 Å². The first kappa shape index (κ1) is 35.1. The van der Waals surface area contributed by atoms with Crippen molar-refractivity contribution in [3.8, 4) is 0 Å². The van der Waals surface area contributed by atoms with Crippen molar-refractivity contribution in [2.24, 2.45) is 0 Å². The van der Waals surface area contributed by atoms with E-state index in [0.29, 0.717) is 0 Å². The fourth-order valence-electron chi connectivity index (χ4n) is 0. The molecule has 0 atom stereocenters. The van der Waals surface area contributed by atoms with Gasteiger partial charge in [-0.05, 0) is 0 Å². The van der Waals surface area contributed by atoms with E-state index >= 15 is 0 Å². The molecular weight excluding hydrogens is 133 g/mol. The van der Waals surface area contributed by atoms with E-state index in [9.17, 15) is 0 Å². The fourth-order valence-corrected chi connectivity index (χ4v) is 0. The SMILES string of the molecule is O.O.[KH].[KH].[NaH]. The molecule has 4 N–H and O–H groups in total. The van der Waals surface area contributed by atoms with Gasteiger partial charge in [0.25, 0.3) is 0 Å². The van der Waals surface area contributed by atoms with Crippen LogP contribution in [-0.2, 0) is 0 Å². The van der Waals surface area contributed by atoms with Gasteiger partial charge in [-0.15, -0.1) is 0 Å². The zero-order valence-electron chi connectivity index (χ0n) is 1.00. The van der Waals surface area contributed by atoms with Crippen molar-refractivity contribution in [2.75, 3.05) is 0 Å². The summed E-state index contributed by atoms with van der Waals surface area (Å²) in [4.78, 5) is 0. The van der Waals surface area contributed by atoms with Gasteiger partial charge in [-0.1, -0.05) is 0 Å². The van der Waals surface area contributed by atoms with Crippen molar-refractivity contribution in [3.63, 3.8) is 0 Å². The second kappa shape index (κ2) is 24.1. The van der Waals surface area contributed by atoms with E-state index < -0.39 is 0 Å². The molecule has 0 aromatic rings. The van der Waals surface area contributed by atoms with Crippen LogP contribution in [0.25, 0.3) is 0 Å². The molecule has 0 radical (unpaired) electrons. The maximum atomic E-state index is 0. The molecule has 0 amide bonds. The topological polar surface area (TPSA) is 63.0 Å². The average Bonchev–Trinajstić information content (AvgIpc) is 0. The molecule has 2 nitrogen and oxygen atoms in total. The van der Waals surface area contributed by atoms with Gasteiger partial charge in [0.05, 0.1) is 0 Å². The van der Waals surface area contributed by atoms with Crippen molar-refractivity contribution in [2.45, 2.75) is 0 Å². The van der Waals surface area contributed by atoms with Crippen molar-refractivity contribution < 1.29 is 11.0 Å². The number of hydrogen-bond acceptors (Lipinski definition) is 0. The summed E-state index contributed by atoms with van der Waals surface area (Å²) in [7, 11) is 0. The Hall–Kier alpha value is 4.19. The minimum atomic E-state index is 0. The van der Waals surface area contributed by atoms with Gasteiger partial charge in [-0.3, -0.25) is 0 Å². The summed E-state index contributed by atoms with van der Waals surface area (Å²) in [5.41, 5.74) is 0. The molecule has 0 rings (SSSR count). The first-order valence-electron chi connectivity index (χ1n) is 0. The van der Waals surface area contributed by atoms with Crippen molar-refractivity contribution in [1.29, 1.82) is 0 Å². The molecule has 5 heteroatoms. The summed E-state index contributed by atoms with van der Waals surface area (Å²) < 4.78 is 0. The number of hydrogen-bond donors (Lipinski definition) is 0. The molecule has 0 aliphatic carbocycles. The quantitative estimate of drug-likeness (QED) is 0.312. The van der Waals surface area contributed by atoms with Crippen LogP contribution in [0, 0.1) is 0 Å². The van der Waals surface area contributed by atoms with E-state index in [0.717, 1.165) is 0 Å². The number of rotatable bonds is 0. The molecule has 0 saturated heterocycles. The average molecular weight is 140 g/mol. The fraction of sp³-hybridized carbons (Fsp3) is 0. The van der Waals surface area contributed by atoms with Gasteiger partial charge in [0, 0.05) is 0 Å². The molecule has 0 heterocycles. The molecule has 0 aliphatic heterocycles. The summed E-state index contributed by atoms with van der Waals surface area (Å²) in [6, 6.07) is 0.